The smallest absolute Gasteiger partial charge is 0.326 e. The van der Waals surface area contributed by atoms with Gasteiger partial charge in [0.1, 0.15) is 11.8 Å². The van der Waals surface area contributed by atoms with Crippen molar-refractivity contribution in [1.82, 2.24) is 5.32 Å². The first kappa shape index (κ1) is 16.5. The van der Waals surface area contributed by atoms with Gasteiger partial charge in [0, 0.05) is 0 Å². The van der Waals surface area contributed by atoms with E-state index in [9.17, 15) is 14.4 Å². The van der Waals surface area contributed by atoms with Crippen molar-refractivity contribution < 1.29 is 29.3 Å². The molecular weight excluding hydrogens is 278 g/mol. The number of rotatable bonds is 7. The molecule has 0 aliphatic rings. The summed E-state index contributed by atoms with van der Waals surface area (Å²) in [6.45, 7) is 1.86. The number of hydrogen-bond acceptors (Lipinski definition) is 4. The lowest BCUT2D eigenvalue weighted by atomic mass is 10.1. The number of aliphatic carboxylic acids is 2. The average Bonchev–Trinajstić information content (AvgIpc) is 2.39. The molecule has 7 heteroatoms. The van der Waals surface area contributed by atoms with Gasteiger partial charge in [-0.15, -0.1) is 0 Å². The standard InChI is InChI=1S/C14H17NO6/c1-8-3-4-9(5-11(8)21-2)6-12(16)15-10(14(19)20)7-13(17)18/h3-5,10H,6-7H2,1-2H3,(H,15,16)(H,17,18)(H,19,20)/t10-/m1/s1. The topological polar surface area (TPSA) is 113 Å². The van der Waals surface area contributed by atoms with Crippen LogP contribution in [0.4, 0.5) is 0 Å². The molecule has 0 spiro atoms. The van der Waals surface area contributed by atoms with Crippen molar-refractivity contribution in [1.29, 1.82) is 0 Å². The lowest BCUT2D eigenvalue weighted by Crippen LogP contribution is -2.42. The molecule has 0 fully saturated rings. The molecule has 1 rings (SSSR count). The lowest BCUT2D eigenvalue weighted by Gasteiger charge is -2.13. The fourth-order valence-corrected chi connectivity index (χ4v) is 1.78. The molecule has 0 aromatic heterocycles. The van der Waals surface area contributed by atoms with Gasteiger partial charge in [0.05, 0.1) is 20.0 Å². The molecule has 0 radical (unpaired) electrons. The Balaban J connectivity index is 2.72. The summed E-state index contributed by atoms with van der Waals surface area (Å²) < 4.78 is 5.14. The molecule has 0 saturated carbocycles. The van der Waals surface area contributed by atoms with Crippen LogP contribution < -0.4 is 10.1 Å². The van der Waals surface area contributed by atoms with Gasteiger partial charge in [0.25, 0.3) is 0 Å². The molecule has 1 aromatic carbocycles. The molecule has 1 aromatic rings. The highest BCUT2D eigenvalue weighted by Crippen LogP contribution is 2.19. The maximum Gasteiger partial charge on any atom is 0.326 e. The SMILES string of the molecule is COc1cc(CC(=O)N[C@H](CC(=O)O)C(=O)O)ccc1C. The van der Waals surface area contributed by atoms with E-state index in [1.165, 1.54) is 7.11 Å². The summed E-state index contributed by atoms with van der Waals surface area (Å²) in [6.07, 6.45) is -0.724. The molecule has 0 unspecified atom stereocenters. The van der Waals surface area contributed by atoms with Gasteiger partial charge in [-0.05, 0) is 24.1 Å². The van der Waals surface area contributed by atoms with Crippen molar-refractivity contribution in [2.75, 3.05) is 7.11 Å². The Labute approximate surface area is 121 Å². The number of carboxylic acids is 2. The van der Waals surface area contributed by atoms with E-state index in [0.29, 0.717) is 11.3 Å². The van der Waals surface area contributed by atoms with Crippen LogP contribution in [-0.4, -0.2) is 41.2 Å². The van der Waals surface area contributed by atoms with E-state index in [4.69, 9.17) is 14.9 Å². The predicted octanol–water partition coefficient (Wildman–Crippen LogP) is 0.590. The molecule has 0 aliphatic heterocycles. The minimum atomic E-state index is -1.44. The van der Waals surface area contributed by atoms with E-state index in [1.54, 1.807) is 18.2 Å². The van der Waals surface area contributed by atoms with E-state index < -0.39 is 30.3 Å². The Morgan fingerprint density at radius 3 is 2.48 bits per heavy atom. The maximum atomic E-state index is 11.8. The maximum absolute atomic E-state index is 11.8. The molecule has 1 amide bonds. The van der Waals surface area contributed by atoms with Crippen LogP contribution >= 0.6 is 0 Å². The number of carbonyl (C=O) groups is 3. The van der Waals surface area contributed by atoms with Crippen LogP contribution in [0.3, 0.4) is 0 Å². The largest absolute Gasteiger partial charge is 0.496 e. The summed E-state index contributed by atoms with van der Waals surface area (Å²) in [5.74, 6) is -2.61. The zero-order valence-electron chi connectivity index (χ0n) is 11.8. The lowest BCUT2D eigenvalue weighted by molar-refractivity contribution is -0.147. The van der Waals surface area contributed by atoms with Crippen LogP contribution in [0.1, 0.15) is 17.5 Å². The quantitative estimate of drug-likeness (QED) is 0.678. The van der Waals surface area contributed by atoms with Gasteiger partial charge in [-0.2, -0.15) is 0 Å². The van der Waals surface area contributed by atoms with Crippen LogP contribution in [0.2, 0.25) is 0 Å². The van der Waals surface area contributed by atoms with Crippen LogP contribution in [0.15, 0.2) is 18.2 Å². The highest BCUT2D eigenvalue weighted by molar-refractivity contribution is 5.87. The second kappa shape index (κ2) is 7.28. The first-order valence-corrected chi connectivity index (χ1v) is 6.21. The molecule has 0 saturated heterocycles. The summed E-state index contributed by atoms with van der Waals surface area (Å²) >= 11 is 0. The van der Waals surface area contributed by atoms with Crippen molar-refractivity contribution >= 4 is 17.8 Å². The van der Waals surface area contributed by atoms with Gasteiger partial charge in [-0.25, -0.2) is 4.79 Å². The van der Waals surface area contributed by atoms with Gasteiger partial charge in [-0.3, -0.25) is 9.59 Å². The third-order valence-corrected chi connectivity index (χ3v) is 2.85. The van der Waals surface area contributed by atoms with Crippen molar-refractivity contribution in [3.63, 3.8) is 0 Å². The van der Waals surface area contributed by atoms with E-state index >= 15 is 0 Å². The third kappa shape index (κ3) is 5.13. The molecule has 1 atom stereocenters. The van der Waals surface area contributed by atoms with E-state index in [1.807, 2.05) is 6.92 Å². The summed E-state index contributed by atoms with van der Waals surface area (Å²) in [4.78, 5) is 33.2. The van der Waals surface area contributed by atoms with Gasteiger partial charge in [-0.1, -0.05) is 12.1 Å². The van der Waals surface area contributed by atoms with Crippen molar-refractivity contribution in [2.24, 2.45) is 0 Å². The average molecular weight is 295 g/mol. The highest BCUT2D eigenvalue weighted by atomic mass is 16.5. The second-order valence-corrected chi connectivity index (χ2v) is 4.54. The molecule has 7 nitrogen and oxygen atoms in total. The van der Waals surface area contributed by atoms with Gasteiger partial charge < -0.3 is 20.3 Å². The number of carbonyl (C=O) groups excluding carboxylic acids is 1. The first-order chi connectivity index (χ1) is 9.83. The number of nitrogens with one attached hydrogen (secondary N) is 1. The van der Waals surface area contributed by atoms with E-state index in [2.05, 4.69) is 5.32 Å². The molecule has 0 aliphatic carbocycles. The summed E-state index contributed by atoms with van der Waals surface area (Å²) in [5.41, 5.74) is 1.56. The Morgan fingerprint density at radius 1 is 1.29 bits per heavy atom. The fourth-order valence-electron chi connectivity index (χ4n) is 1.78. The van der Waals surface area contributed by atoms with Crippen LogP contribution in [0.25, 0.3) is 0 Å². The van der Waals surface area contributed by atoms with Crippen LogP contribution in [0.5, 0.6) is 5.75 Å². The molecule has 0 bridgehead atoms. The zero-order chi connectivity index (χ0) is 16.0. The van der Waals surface area contributed by atoms with Crippen molar-refractivity contribution in [3.8, 4) is 5.75 Å². The Morgan fingerprint density at radius 2 is 1.95 bits per heavy atom. The van der Waals surface area contributed by atoms with Crippen LogP contribution in [0, 0.1) is 6.92 Å². The minimum absolute atomic E-state index is 0.0555. The second-order valence-electron chi connectivity index (χ2n) is 4.54. The van der Waals surface area contributed by atoms with Gasteiger partial charge in [0.2, 0.25) is 5.91 Å². The Hall–Kier alpha value is -2.57. The van der Waals surface area contributed by atoms with Gasteiger partial charge >= 0.3 is 11.9 Å². The number of carboxylic acid groups (broad SMARTS) is 2. The highest BCUT2D eigenvalue weighted by Gasteiger charge is 2.23. The number of hydrogen-bond donors (Lipinski definition) is 3. The summed E-state index contributed by atoms with van der Waals surface area (Å²) in [5, 5.41) is 19.6. The molecular formula is C14H17NO6. The molecule has 0 heterocycles. The minimum Gasteiger partial charge on any atom is -0.496 e. The number of aryl methyl sites for hydroxylation is 1. The fraction of sp³-hybridized carbons (Fsp3) is 0.357. The number of methoxy groups -OCH3 is 1. The predicted molar refractivity (Wildman–Crippen MR) is 73.3 cm³/mol. The van der Waals surface area contributed by atoms with Crippen molar-refractivity contribution in [2.45, 2.75) is 25.8 Å². The Bertz CT molecular complexity index is 554. The first-order valence-electron chi connectivity index (χ1n) is 6.21. The molecule has 3 N–H and O–H groups in total. The normalized spacial score (nSPS) is 11.5. The van der Waals surface area contributed by atoms with E-state index in [0.717, 1.165) is 5.56 Å². The molecule has 21 heavy (non-hydrogen) atoms. The number of ether oxygens (including phenoxy) is 1. The Kier molecular flexibility index (Phi) is 5.71. The van der Waals surface area contributed by atoms with Crippen molar-refractivity contribution in [3.05, 3.63) is 29.3 Å². The number of benzene rings is 1. The van der Waals surface area contributed by atoms with E-state index in [-0.39, 0.29) is 6.42 Å². The van der Waals surface area contributed by atoms with Crippen LogP contribution in [-0.2, 0) is 20.8 Å². The number of amides is 1. The monoisotopic (exact) mass is 295 g/mol. The zero-order valence-corrected chi connectivity index (χ0v) is 11.8. The van der Waals surface area contributed by atoms with Gasteiger partial charge in [0.15, 0.2) is 0 Å². The summed E-state index contributed by atoms with van der Waals surface area (Å²) in [7, 11) is 1.51. The molecule has 114 valence electrons. The third-order valence-electron chi connectivity index (χ3n) is 2.85. The summed E-state index contributed by atoms with van der Waals surface area (Å²) in [6, 6.07) is 3.75.